The van der Waals surface area contributed by atoms with Crippen LogP contribution in [0, 0.1) is 11.8 Å². The number of hydrogen-bond acceptors (Lipinski definition) is 5. The fourth-order valence-corrected chi connectivity index (χ4v) is 2.29. The van der Waals surface area contributed by atoms with Crippen molar-refractivity contribution in [2.75, 3.05) is 32.8 Å². The molecule has 2 aliphatic rings. The van der Waals surface area contributed by atoms with Crippen LogP contribution in [0.3, 0.4) is 0 Å². The number of rotatable bonds is 2. The molecule has 18 heavy (non-hydrogen) atoms. The van der Waals surface area contributed by atoms with Crippen LogP contribution in [0.2, 0.25) is 0 Å². The topological polar surface area (TPSA) is 55.8 Å². The molecule has 2 heterocycles. The lowest BCUT2D eigenvalue weighted by atomic mass is 10.0. The molecule has 0 bridgehead atoms. The van der Waals surface area contributed by atoms with Crippen LogP contribution in [0.25, 0.3) is 0 Å². The third-order valence-corrected chi connectivity index (χ3v) is 3.11. The summed E-state index contributed by atoms with van der Waals surface area (Å²) < 4.78 is 44.5. The van der Waals surface area contributed by atoms with Crippen molar-refractivity contribution >= 4 is 11.9 Å². The standard InChI is InChI=1S/C10H12F3NO4/c11-10(12,13)9(16)18-8(15)3-14-1-6-4-17-5-7(6)2-14/h6-7H,1-5H2/t6-,7+. The van der Waals surface area contributed by atoms with Gasteiger partial charge in [-0.3, -0.25) is 9.69 Å². The van der Waals surface area contributed by atoms with Crippen molar-refractivity contribution in [2.45, 2.75) is 6.18 Å². The second-order valence-electron chi connectivity index (χ2n) is 4.51. The van der Waals surface area contributed by atoms with E-state index in [1.807, 2.05) is 0 Å². The molecule has 0 radical (unpaired) electrons. The van der Waals surface area contributed by atoms with Gasteiger partial charge in [0.2, 0.25) is 0 Å². The average Bonchev–Trinajstić information content (AvgIpc) is 2.75. The zero-order chi connectivity index (χ0) is 13.3. The van der Waals surface area contributed by atoms with Gasteiger partial charge in [-0.1, -0.05) is 0 Å². The number of halogens is 3. The second kappa shape index (κ2) is 4.85. The van der Waals surface area contributed by atoms with Crippen molar-refractivity contribution in [1.29, 1.82) is 0 Å². The summed E-state index contributed by atoms with van der Waals surface area (Å²) >= 11 is 0. The Morgan fingerprint density at radius 3 is 2.28 bits per heavy atom. The van der Waals surface area contributed by atoms with Gasteiger partial charge in [0.15, 0.2) is 0 Å². The molecule has 0 unspecified atom stereocenters. The average molecular weight is 267 g/mol. The van der Waals surface area contributed by atoms with E-state index in [2.05, 4.69) is 4.74 Å². The summed E-state index contributed by atoms with van der Waals surface area (Å²) in [4.78, 5) is 23.3. The van der Waals surface area contributed by atoms with Crippen molar-refractivity contribution in [2.24, 2.45) is 11.8 Å². The Kier molecular flexibility index (Phi) is 3.58. The van der Waals surface area contributed by atoms with E-state index in [-0.39, 0.29) is 6.54 Å². The van der Waals surface area contributed by atoms with Gasteiger partial charge in [-0.15, -0.1) is 0 Å². The number of likely N-dealkylation sites (tertiary alicyclic amines) is 1. The number of carbonyl (C=O) groups is 2. The molecular formula is C10H12F3NO4. The Bertz CT molecular complexity index is 346. The highest BCUT2D eigenvalue weighted by atomic mass is 19.4. The first-order valence-electron chi connectivity index (χ1n) is 5.48. The molecule has 2 rings (SSSR count). The first-order chi connectivity index (χ1) is 8.36. The molecule has 0 aromatic carbocycles. The van der Waals surface area contributed by atoms with Gasteiger partial charge in [0.25, 0.3) is 0 Å². The normalized spacial score (nSPS) is 28.2. The van der Waals surface area contributed by atoms with E-state index in [9.17, 15) is 22.8 Å². The molecule has 2 aliphatic heterocycles. The lowest BCUT2D eigenvalue weighted by Gasteiger charge is -2.15. The molecule has 0 saturated carbocycles. The molecule has 2 fully saturated rings. The fourth-order valence-electron chi connectivity index (χ4n) is 2.29. The zero-order valence-electron chi connectivity index (χ0n) is 9.40. The maximum absolute atomic E-state index is 11.9. The van der Waals surface area contributed by atoms with Gasteiger partial charge < -0.3 is 9.47 Å². The summed E-state index contributed by atoms with van der Waals surface area (Å²) in [5.74, 6) is -3.00. The summed E-state index contributed by atoms with van der Waals surface area (Å²) in [6.07, 6.45) is -5.13. The van der Waals surface area contributed by atoms with Crippen molar-refractivity contribution in [1.82, 2.24) is 4.90 Å². The first kappa shape index (κ1) is 13.3. The Morgan fingerprint density at radius 1 is 1.22 bits per heavy atom. The second-order valence-corrected chi connectivity index (χ2v) is 4.51. The lowest BCUT2D eigenvalue weighted by Crippen LogP contribution is -2.35. The van der Waals surface area contributed by atoms with Crippen molar-refractivity contribution < 1.29 is 32.2 Å². The van der Waals surface area contributed by atoms with Crippen LogP contribution in [0.5, 0.6) is 0 Å². The molecule has 0 aliphatic carbocycles. The predicted molar refractivity (Wildman–Crippen MR) is 51.4 cm³/mol. The van der Waals surface area contributed by atoms with Crippen LogP contribution in [0.4, 0.5) is 13.2 Å². The van der Waals surface area contributed by atoms with Gasteiger partial charge >= 0.3 is 18.1 Å². The first-order valence-corrected chi connectivity index (χ1v) is 5.48. The van der Waals surface area contributed by atoms with E-state index >= 15 is 0 Å². The van der Waals surface area contributed by atoms with Crippen LogP contribution in [-0.4, -0.2) is 55.9 Å². The van der Waals surface area contributed by atoms with Gasteiger partial charge in [-0.25, -0.2) is 4.79 Å². The molecule has 0 spiro atoms. The number of ether oxygens (including phenoxy) is 2. The highest BCUT2D eigenvalue weighted by molar-refractivity contribution is 5.89. The Hall–Kier alpha value is -1.15. The predicted octanol–water partition coefficient (Wildman–Crippen LogP) is 0.197. The monoisotopic (exact) mass is 267 g/mol. The minimum absolute atomic E-state index is 0.297. The molecule has 0 aromatic rings. The number of hydrogen-bond donors (Lipinski definition) is 0. The Morgan fingerprint density at radius 2 is 1.78 bits per heavy atom. The molecule has 2 saturated heterocycles. The van der Waals surface area contributed by atoms with Gasteiger partial charge in [0.05, 0.1) is 19.8 Å². The zero-order valence-corrected chi connectivity index (χ0v) is 9.40. The summed E-state index contributed by atoms with van der Waals surface area (Å²) in [5, 5.41) is 0. The molecule has 0 N–H and O–H groups in total. The van der Waals surface area contributed by atoms with Crippen LogP contribution in [-0.2, 0) is 19.1 Å². The molecular weight excluding hydrogens is 255 g/mol. The van der Waals surface area contributed by atoms with Crippen molar-refractivity contribution in [3.8, 4) is 0 Å². The van der Waals surface area contributed by atoms with E-state index in [0.29, 0.717) is 38.1 Å². The SMILES string of the molecule is O=C(CN1C[C@H]2COC[C@H]2C1)OC(=O)C(F)(F)F. The third kappa shape index (κ3) is 2.99. The highest BCUT2D eigenvalue weighted by Crippen LogP contribution is 2.28. The van der Waals surface area contributed by atoms with Crippen LogP contribution >= 0.6 is 0 Å². The number of fused-ring (bicyclic) bond motifs is 1. The lowest BCUT2D eigenvalue weighted by molar-refractivity contribution is -0.202. The summed E-state index contributed by atoms with van der Waals surface area (Å²) in [6, 6.07) is 0. The molecule has 2 atom stereocenters. The highest BCUT2D eigenvalue weighted by Gasteiger charge is 2.43. The van der Waals surface area contributed by atoms with Crippen LogP contribution < -0.4 is 0 Å². The van der Waals surface area contributed by atoms with Crippen molar-refractivity contribution in [3.05, 3.63) is 0 Å². The number of esters is 2. The molecule has 8 heteroatoms. The Labute approximate surface area is 101 Å². The Balaban J connectivity index is 1.77. The maximum Gasteiger partial charge on any atom is 0.491 e. The molecule has 102 valence electrons. The van der Waals surface area contributed by atoms with E-state index in [1.165, 1.54) is 0 Å². The summed E-state index contributed by atoms with van der Waals surface area (Å²) in [5.41, 5.74) is 0. The summed E-state index contributed by atoms with van der Waals surface area (Å²) in [7, 11) is 0. The van der Waals surface area contributed by atoms with Crippen LogP contribution in [0.1, 0.15) is 0 Å². The minimum atomic E-state index is -5.13. The maximum atomic E-state index is 11.9. The van der Waals surface area contributed by atoms with E-state index in [4.69, 9.17) is 4.74 Å². The smallest absolute Gasteiger partial charge is 0.385 e. The fraction of sp³-hybridized carbons (Fsp3) is 0.800. The van der Waals surface area contributed by atoms with Gasteiger partial charge in [-0.05, 0) is 0 Å². The minimum Gasteiger partial charge on any atom is -0.385 e. The van der Waals surface area contributed by atoms with Gasteiger partial charge in [0.1, 0.15) is 0 Å². The molecule has 0 amide bonds. The van der Waals surface area contributed by atoms with E-state index < -0.39 is 18.1 Å². The van der Waals surface area contributed by atoms with Gasteiger partial charge in [-0.2, -0.15) is 13.2 Å². The number of alkyl halides is 3. The largest absolute Gasteiger partial charge is 0.491 e. The van der Waals surface area contributed by atoms with Crippen molar-refractivity contribution in [3.63, 3.8) is 0 Å². The number of nitrogens with zero attached hydrogens (tertiary/aromatic N) is 1. The van der Waals surface area contributed by atoms with E-state index in [0.717, 1.165) is 0 Å². The molecule has 5 nitrogen and oxygen atoms in total. The van der Waals surface area contributed by atoms with E-state index in [1.54, 1.807) is 4.90 Å². The third-order valence-electron chi connectivity index (χ3n) is 3.11. The summed E-state index contributed by atoms with van der Waals surface area (Å²) in [6.45, 7) is 2.09. The van der Waals surface area contributed by atoms with Crippen LogP contribution in [0.15, 0.2) is 0 Å². The molecule has 0 aromatic heterocycles. The van der Waals surface area contributed by atoms with Gasteiger partial charge in [0, 0.05) is 24.9 Å². The quantitative estimate of drug-likeness (QED) is 0.528. The number of carbonyl (C=O) groups excluding carboxylic acids is 2.